The number of rotatable bonds is 3. The number of amides is 2. The molecule has 0 saturated carbocycles. The van der Waals surface area contributed by atoms with Crippen molar-refractivity contribution in [1.29, 1.82) is 0 Å². The topological polar surface area (TPSA) is 49.4 Å². The molecule has 1 fully saturated rings. The Morgan fingerprint density at radius 1 is 1.67 bits per heavy atom. The van der Waals surface area contributed by atoms with Crippen LogP contribution in [0.3, 0.4) is 0 Å². The van der Waals surface area contributed by atoms with Crippen LogP contribution in [0.2, 0.25) is 0 Å². The molecule has 1 rings (SSSR count). The molecule has 15 heavy (non-hydrogen) atoms. The molecule has 1 N–H and O–H groups in total. The van der Waals surface area contributed by atoms with Crippen molar-refractivity contribution in [3.8, 4) is 0 Å². The average molecular weight is 251 g/mol. The quantitative estimate of drug-likeness (QED) is 0.762. The molecular weight excluding hydrogens is 239 g/mol. The molecule has 1 saturated heterocycles. The number of likely N-dealkylation sites (tertiary alicyclic amines) is 1. The van der Waals surface area contributed by atoms with Crippen LogP contribution >= 0.6 is 23.2 Å². The summed E-state index contributed by atoms with van der Waals surface area (Å²) in [5, 5.41) is 3.38. The number of nitrogens with one attached hydrogen (secondary N) is 1. The predicted octanol–water partition coefficient (Wildman–Crippen LogP) is 1.04. The van der Waals surface area contributed by atoms with E-state index in [1.807, 2.05) is 0 Å². The Morgan fingerprint density at radius 3 is 2.93 bits per heavy atom. The largest absolute Gasteiger partial charge is 0.301 e. The Labute approximate surface area is 98.2 Å². The summed E-state index contributed by atoms with van der Waals surface area (Å²) in [5.41, 5.74) is 1.25. The van der Waals surface area contributed by atoms with Crippen molar-refractivity contribution < 1.29 is 9.59 Å². The highest BCUT2D eigenvalue weighted by atomic mass is 35.5. The lowest BCUT2D eigenvalue weighted by atomic mass is 10.0. The van der Waals surface area contributed by atoms with E-state index in [9.17, 15) is 9.59 Å². The van der Waals surface area contributed by atoms with Crippen molar-refractivity contribution in [3.05, 3.63) is 10.6 Å². The standard InChI is InChI=1S/C9H12Cl2N2O2/c1-13-8(14)3-2-7(9(13)15)12-5-6(11)4-10/h4,7,12H,2-3,5H2,1H3. The van der Waals surface area contributed by atoms with E-state index in [2.05, 4.69) is 5.32 Å². The van der Waals surface area contributed by atoms with Gasteiger partial charge in [-0.15, -0.1) is 0 Å². The molecule has 0 bridgehead atoms. The molecule has 4 nitrogen and oxygen atoms in total. The molecule has 0 radical (unpaired) electrons. The van der Waals surface area contributed by atoms with Crippen molar-refractivity contribution in [1.82, 2.24) is 10.2 Å². The van der Waals surface area contributed by atoms with Crippen molar-refractivity contribution in [2.75, 3.05) is 13.6 Å². The zero-order valence-corrected chi connectivity index (χ0v) is 9.81. The summed E-state index contributed by atoms with van der Waals surface area (Å²) < 4.78 is 0. The van der Waals surface area contributed by atoms with Gasteiger partial charge in [0.05, 0.1) is 6.04 Å². The van der Waals surface area contributed by atoms with Gasteiger partial charge in [-0.2, -0.15) is 0 Å². The van der Waals surface area contributed by atoms with Gasteiger partial charge in [0.25, 0.3) is 0 Å². The second-order valence-corrected chi connectivity index (χ2v) is 4.02. The van der Waals surface area contributed by atoms with Gasteiger partial charge in [-0.1, -0.05) is 23.2 Å². The van der Waals surface area contributed by atoms with Gasteiger partial charge in [-0.3, -0.25) is 14.5 Å². The third-order valence-electron chi connectivity index (χ3n) is 2.29. The van der Waals surface area contributed by atoms with Crippen molar-refractivity contribution in [3.63, 3.8) is 0 Å². The van der Waals surface area contributed by atoms with Gasteiger partial charge < -0.3 is 5.32 Å². The number of likely N-dealkylation sites (N-methyl/N-ethyl adjacent to an activating group) is 1. The van der Waals surface area contributed by atoms with E-state index >= 15 is 0 Å². The van der Waals surface area contributed by atoms with Gasteiger partial charge >= 0.3 is 0 Å². The van der Waals surface area contributed by atoms with E-state index in [0.29, 0.717) is 24.4 Å². The van der Waals surface area contributed by atoms with Crippen LogP contribution in [-0.2, 0) is 9.59 Å². The summed E-state index contributed by atoms with van der Waals surface area (Å²) in [6, 6.07) is -0.349. The van der Waals surface area contributed by atoms with Crippen LogP contribution in [0.5, 0.6) is 0 Å². The van der Waals surface area contributed by atoms with E-state index < -0.39 is 0 Å². The molecule has 1 atom stereocenters. The van der Waals surface area contributed by atoms with Crippen LogP contribution in [0.4, 0.5) is 0 Å². The Hall–Kier alpha value is -0.580. The number of halogens is 2. The fraction of sp³-hybridized carbons (Fsp3) is 0.556. The summed E-state index contributed by atoms with van der Waals surface area (Å²) in [6.45, 7) is 0.337. The molecule has 84 valence electrons. The summed E-state index contributed by atoms with van der Waals surface area (Å²) in [4.78, 5) is 23.9. The summed E-state index contributed by atoms with van der Waals surface area (Å²) in [6.07, 6.45) is 0.885. The first-order chi connectivity index (χ1) is 7.06. The highest BCUT2D eigenvalue weighted by molar-refractivity contribution is 6.36. The van der Waals surface area contributed by atoms with Crippen molar-refractivity contribution in [2.45, 2.75) is 18.9 Å². The van der Waals surface area contributed by atoms with Gasteiger partial charge in [-0.25, -0.2) is 0 Å². The molecule has 6 heteroatoms. The maximum Gasteiger partial charge on any atom is 0.246 e. The number of hydrogen-bond donors (Lipinski definition) is 1. The molecule has 1 unspecified atom stereocenters. The molecule has 1 aliphatic heterocycles. The number of piperidine rings is 1. The Balaban J connectivity index is 2.50. The van der Waals surface area contributed by atoms with Gasteiger partial charge in [0.15, 0.2) is 0 Å². The number of carbonyl (C=O) groups is 2. The van der Waals surface area contributed by atoms with Gasteiger partial charge in [0.2, 0.25) is 11.8 Å². The van der Waals surface area contributed by atoms with E-state index in [0.717, 1.165) is 4.90 Å². The SMILES string of the molecule is CN1C(=O)CCC(NCC(Cl)=CCl)C1=O. The minimum absolute atomic E-state index is 0.142. The van der Waals surface area contributed by atoms with Crippen molar-refractivity contribution >= 4 is 35.0 Å². The summed E-state index contributed by atoms with van der Waals surface area (Å²) >= 11 is 11.0. The van der Waals surface area contributed by atoms with Gasteiger partial charge in [0, 0.05) is 30.6 Å². The van der Waals surface area contributed by atoms with E-state index in [4.69, 9.17) is 23.2 Å². The molecule has 1 aliphatic rings. The second-order valence-electron chi connectivity index (χ2n) is 3.32. The maximum absolute atomic E-state index is 11.6. The first-order valence-corrected chi connectivity index (χ1v) is 5.36. The van der Waals surface area contributed by atoms with E-state index in [1.165, 1.54) is 12.6 Å². The molecule has 0 aromatic rings. The van der Waals surface area contributed by atoms with Crippen molar-refractivity contribution in [2.24, 2.45) is 0 Å². The molecule has 0 aliphatic carbocycles. The summed E-state index contributed by atoms with van der Waals surface area (Å²) in [7, 11) is 1.48. The normalized spacial score (nSPS) is 23.5. The van der Waals surface area contributed by atoms with Crippen LogP contribution < -0.4 is 5.32 Å². The number of imide groups is 1. The Kier molecular flexibility index (Phi) is 4.57. The zero-order chi connectivity index (χ0) is 11.4. The fourth-order valence-electron chi connectivity index (χ4n) is 1.36. The number of carbonyl (C=O) groups excluding carboxylic acids is 2. The average Bonchev–Trinajstić information content (AvgIpc) is 2.24. The van der Waals surface area contributed by atoms with Crippen LogP contribution in [0.15, 0.2) is 10.6 Å². The highest BCUT2D eigenvalue weighted by Gasteiger charge is 2.31. The first-order valence-electron chi connectivity index (χ1n) is 4.54. The number of nitrogens with zero attached hydrogens (tertiary/aromatic N) is 1. The van der Waals surface area contributed by atoms with Crippen LogP contribution in [0.25, 0.3) is 0 Å². The minimum atomic E-state index is -0.349. The van der Waals surface area contributed by atoms with Crippen LogP contribution in [0, 0.1) is 0 Å². The zero-order valence-electron chi connectivity index (χ0n) is 8.30. The lowest BCUT2D eigenvalue weighted by molar-refractivity contribution is -0.147. The molecular formula is C9H12Cl2N2O2. The summed E-state index contributed by atoms with van der Waals surface area (Å²) in [5.74, 6) is -0.359. The molecule has 0 spiro atoms. The minimum Gasteiger partial charge on any atom is -0.301 e. The highest BCUT2D eigenvalue weighted by Crippen LogP contribution is 2.12. The monoisotopic (exact) mass is 250 g/mol. The number of hydrogen-bond acceptors (Lipinski definition) is 3. The maximum atomic E-state index is 11.6. The molecule has 0 aromatic carbocycles. The lowest BCUT2D eigenvalue weighted by Crippen LogP contribution is -2.51. The Bertz CT molecular complexity index is 304. The second kappa shape index (κ2) is 5.49. The molecule has 0 aromatic heterocycles. The third kappa shape index (κ3) is 3.19. The molecule has 2 amide bonds. The molecule has 1 heterocycles. The third-order valence-corrected chi connectivity index (χ3v) is 2.90. The first kappa shape index (κ1) is 12.5. The predicted molar refractivity (Wildman–Crippen MR) is 58.6 cm³/mol. The van der Waals surface area contributed by atoms with E-state index in [1.54, 1.807) is 0 Å². The van der Waals surface area contributed by atoms with Crippen LogP contribution in [-0.4, -0.2) is 36.3 Å². The van der Waals surface area contributed by atoms with E-state index in [-0.39, 0.29) is 17.9 Å². The van der Waals surface area contributed by atoms with Gasteiger partial charge in [-0.05, 0) is 6.42 Å². The van der Waals surface area contributed by atoms with Crippen LogP contribution in [0.1, 0.15) is 12.8 Å². The Morgan fingerprint density at radius 2 is 2.33 bits per heavy atom. The lowest BCUT2D eigenvalue weighted by Gasteiger charge is -2.28. The smallest absolute Gasteiger partial charge is 0.246 e. The fourth-order valence-corrected chi connectivity index (χ4v) is 1.52. The van der Waals surface area contributed by atoms with Gasteiger partial charge in [0.1, 0.15) is 0 Å².